The molecule has 1 fully saturated rings. The van der Waals surface area contributed by atoms with Crippen molar-refractivity contribution in [3.63, 3.8) is 0 Å². The molecule has 98 valence electrons. The molecule has 5 heteroatoms. The maximum Gasteiger partial charge on any atom is 0.323 e. The Balaban J connectivity index is 2.13. The first kappa shape index (κ1) is 12.7. The van der Waals surface area contributed by atoms with Crippen molar-refractivity contribution in [1.29, 1.82) is 0 Å². The first-order chi connectivity index (χ1) is 8.61. The van der Waals surface area contributed by atoms with E-state index in [9.17, 15) is 9.59 Å². The van der Waals surface area contributed by atoms with Crippen LogP contribution in [0.5, 0.6) is 0 Å². The summed E-state index contributed by atoms with van der Waals surface area (Å²) in [5.41, 5.74) is 0.486. The number of carboxylic acid groups (broad SMARTS) is 1. The number of hydrogen-bond donors (Lipinski definition) is 1. The minimum atomic E-state index is -0.981. The normalized spacial score (nSPS) is 14.5. The standard InChI is InChI=1S/C13H17NO4/c1-2-11-10(5-6-18-11)13(17)14(8-12(15)16)7-9-3-4-9/h5-6,9H,2-4,7-8H2,1H3,(H,15,16). The molecule has 5 nitrogen and oxygen atoms in total. The van der Waals surface area contributed by atoms with E-state index in [0.717, 1.165) is 12.8 Å². The molecule has 1 saturated carbocycles. The molecular weight excluding hydrogens is 234 g/mol. The zero-order valence-corrected chi connectivity index (χ0v) is 10.4. The summed E-state index contributed by atoms with van der Waals surface area (Å²) in [6.45, 7) is 2.18. The Hall–Kier alpha value is -1.78. The maximum atomic E-state index is 12.3. The maximum absolute atomic E-state index is 12.3. The molecular formula is C13H17NO4. The zero-order valence-electron chi connectivity index (χ0n) is 10.4. The van der Waals surface area contributed by atoms with Crippen LogP contribution in [0.25, 0.3) is 0 Å². The highest BCUT2D eigenvalue weighted by Gasteiger charge is 2.29. The van der Waals surface area contributed by atoms with E-state index in [-0.39, 0.29) is 12.5 Å². The molecule has 2 rings (SSSR count). The van der Waals surface area contributed by atoms with Gasteiger partial charge in [0.2, 0.25) is 0 Å². The highest BCUT2D eigenvalue weighted by molar-refractivity contribution is 5.96. The van der Waals surface area contributed by atoms with Gasteiger partial charge >= 0.3 is 5.97 Å². The third-order valence-electron chi connectivity index (χ3n) is 3.09. The number of carbonyl (C=O) groups is 2. The average Bonchev–Trinajstić information content (AvgIpc) is 3.01. The fourth-order valence-electron chi connectivity index (χ4n) is 1.97. The number of carbonyl (C=O) groups excluding carboxylic acids is 1. The molecule has 1 aromatic rings. The first-order valence-corrected chi connectivity index (χ1v) is 6.19. The molecule has 0 atom stereocenters. The highest BCUT2D eigenvalue weighted by Crippen LogP contribution is 2.30. The molecule has 1 aliphatic carbocycles. The number of hydrogen-bond acceptors (Lipinski definition) is 3. The molecule has 18 heavy (non-hydrogen) atoms. The van der Waals surface area contributed by atoms with Crippen molar-refractivity contribution < 1.29 is 19.1 Å². The van der Waals surface area contributed by atoms with Crippen LogP contribution in [0.4, 0.5) is 0 Å². The van der Waals surface area contributed by atoms with Crippen molar-refractivity contribution in [1.82, 2.24) is 4.90 Å². The molecule has 0 unspecified atom stereocenters. The van der Waals surface area contributed by atoms with E-state index in [1.165, 1.54) is 11.2 Å². The van der Waals surface area contributed by atoms with Gasteiger partial charge in [0.25, 0.3) is 5.91 Å². The Morgan fingerprint density at radius 2 is 2.22 bits per heavy atom. The summed E-state index contributed by atoms with van der Waals surface area (Å²) in [4.78, 5) is 24.5. The lowest BCUT2D eigenvalue weighted by atomic mass is 10.2. The van der Waals surface area contributed by atoms with Crippen molar-refractivity contribution in [2.24, 2.45) is 5.92 Å². The van der Waals surface area contributed by atoms with Gasteiger partial charge in [-0.2, -0.15) is 0 Å². The molecule has 0 bridgehead atoms. The summed E-state index contributed by atoms with van der Waals surface area (Å²) < 4.78 is 5.22. The van der Waals surface area contributed by atoms with Gasteiger partial charge in [-0.15, -0.1) is 0 Å². The van der Waals surface area contributed by atoms with Crippen LogP contribution in [0.2, 0.25) is 0 Å². The van der Waals surface area contributed by atoms with E-state index in [4.69, 9.17) is 9.52 Å². The number of aryl methyl sites for hydroxylation is 1. The van der Waals surface area contributed by atoms with Gasteiger partial charge in [0, 0.05) is 13.0 Å². The smallest absolute Gasteiger partial charge is 0.323 e. The van der Waals surface area contributed by atoms with Crippen molar-refractivity contribution in [2.75, 3.05) is 13.1 Å². The number of amides is 1. The topological polar surface area (TPSA) is 70.8 Å². The van der Waals surface area contributed by atoms with Crippen molar-refractivity contribution in [3.8, 4) is 0 Å². The van der Waals surface area contributed by atoms with E-state index < -0.39 is 5.97 Å². The summed E-state index contributed by atoms with van der Waals surface area (Å²) in [5.74, 6) is -0.142. The second-order valence-corrected chi connectivity index (χ2v) is 4.63. The van der Waals surface area contributed by atoms with Crippen LogP contribution in [0.3, 0.4) is 0 Å². The minimum Gasteiger partial charge on any atom is -0.480 e. The molecule has 1 aliphatic rings. The predicted molar refractivity (Wildman–Crippen MR) is 64.3 cm³/mol. The molecule has 0 radical (unpaired) electrons. The molecule has 1 amide bonds. The lowest BCUT2D eigenvalue weighted by Gasteiger charge is -2.20. The Morgan fingerprint density at radius 1 is 1.50 bits per heavy atom. The van der Waals surface area contributed by atoms with Gasteiger partial charge < -0.3 is 14.4 Å². The van der Waals surface area contributed by atoms with Gasteiger partial charge in [-0.25, -0.2) is 0 Å². The summed E-state index contributed by atoms with van der Waals surface area (Å²) in [6, 6.07) is 1.61. The van der Waals surface area contributed by atoms with Crippen LogP contribution in [0, 0.1) is 5.92 Å². The van der Waals surface area contributed by atoms with Crippen molar-refractivity contribution in [2.45, 2.75) is 26.2 Å². The number of nitrogens with zero attached hydrogens (tertiary/aromatic N) is 1. The van der Waals surface area contributed by atoms with Gasteiger partial charge in [-0.3, -0.25) is 9.59 Å². The van der Waals surface area contributed by atoms with Crippen LogP contribution >= 0.6 is 0 Å². The fourth-order valence-corrected chi connectivity index (χ4v) is 1.97. The fraction of sp³-hybridized carbons (Fsp3) is 0.538. The van der Waals surface area contributed by atoms with Crippen molar-refractivity contribution >= 4 is 11.9 Å². The number of rotatable bonds is 6. The lowest BCUT2D eigenvalue weighted by Crippen LogP contribution is -2.37. The number of aliphatic carboxylic acids is 1. The van der Waals surface area contributed by atoms with E-state index in [2.05, 4.69) is 0 Å². The highest BCUT2D eigenvalue weighted by atomic mass is 16.4. The largest absolute Gasteiger partial charge is 0.480 e. The quantitative estimate of drug-likeness (QED) is 0.836. The second-order valence-electron chi connectivity index (χ2n) is 4.63. The van der Waals surface area contributed by atoms with Gasteiger partial charge in [-0.1, -0.05) is 6.92 Å². The van der Waals surface area contributed by atoms with E-state index in [1.807, 2.05) is 6.92 Å². The predicted octanol–water partition coefficient (Wildman–Crippen LogP) is 1.78. The Bertz CT molecular complexity index is 448. The summed E-state index contributed by atoms with van der Waals surface area (Å²) in [6.07, 6.45) is 4.26. The molecule has 0 spiro atoms. The molecule has 0 saturated heterocycles. The summed E-state index contributed by atoms with van der Waals surface area (Å²) in [7, 11) is 0. The molecule has 1 aromatic heterocycles. The summed E-state index contributed by atoms with van der Waals surface area (Å²) >= 11 is 0. The Morgan fingerprint density at radius 3 is 2.78 bits per heavy atom. The number of furan rings is 1. The van der Waals surface area contributed by atoms with Crippen LogP contribution in [0.15, 0.2) is 16.7 Å². The lowest BCUT2D eigenvalue weighted by molar-refractivity contribution is -0.137. The average molecular weight is 251 g/mol. The van der Waals surface area contributed by atoms with E-state index in [1.54, 1.807) is 6.07 Å². The molecule has 0 aliphatic heterocycles. The van der Waals surface area contributed by atoms with Crippen LogP contribution in [-0.4, -0.2) is 35.0 Å². The van der Waals surface area contributed by atoms with Gasteiger partial charge in [0.15, 0.2) is 0 Å². The van der Waals surface area contributed by atoms with Crippen LogP contribution < -0.4 is 0 Å². The summed E-state index contributed by atoms with van der Waals surface area (Å²) in [5, 5.41) is 8.87. The third-order valence-corrected chi connectivity index (χ3v) is 3.09. The van der Waals surface area contributed by atoms with E-state index in [0.29, 0.717) is 30.2 Å². The van der Waals surface area contributed by atoms with E-state index >= 15 is 0 Å². The Kier molecular flexibility index (Phi) is 3.69. The second kappa shape index (κ2) is 5.25. The molecule has 1 heterocycles. The van der Waals surface area contributed by atoms with Gasteiger partial charge in [-0.05, 0) is 24.8 Å². The number of carboxylic acids is 1. The van der Waals surface area contributed by atoms with Gasteiger partial charge in [0.05, 0.1) is 11.8 Å². The molecule has 1 N–H and O–H groups in total. The SMILES string of the molecule is CCc1occc1C(=O)N(CC(=O)O)CC1CC1. The first-order valence-electron chi connectivity index (χ1n) is 6.19. The zero-order chi connectivity index (χ0) is 13.1. The van der Waals surface area contributed by atoms with Gasteiger partial charge in [0.1, 0.15) is 12.3 Å². The monoisotopic (exact) mass is 251 g/mol. The minimum absolute atomic E-state index is 0.241. The molecule has 0 aromatic carbocycles. The Labute approximate surface area is 105 Å². The third kappa shape index (κ3) is 2.91. The van der Waals surface area contributed by atoms with Crippen LogP contribution in [-0.2, 0) is 11.2 Å². The van der Waals surface area contributed by atoms with Crippen LogP contribution in [0.1, 0.15) is 35.9 Å². The van der Waals surface area contributed by atoms with Crippen molar-refractivity contribution in [3.05, 3.63) is 23.7 Å².